The lowest BCUT2D eigenvalue weighted by Crippen LogP contribution is -2.29. The number of rotatable bonds is 6. The molecule has 0 radical (unpaired) electrons. The average Bonchev–Trinajstić information content (AvgIpc) is 2.93. The van der Waals surface area contributed by atoms with Gasteiger partial charge in [-0.3, -0.25) is 4.79 Å². The number of hydrogen-bond acceptors (Lipinski definition) is 3. The summed E-state index contributed by atoms with van der Waals surface area (Å²) in [7, 11) is 0. The fraction of sp³-hybridized carbons (Fsp3) is 0.242. The maximum absolute atomic E-state index is 13.9. The van der Waals surface area contributed by atoms with Gasteiger partial charge in [0, 0.05) is 27.7 Å². The third kappa shape index (κ3) is 4.59. The van der Waals surface area contributed by atoms with Gasteiger partial charge >= 0.3 is 0 Å². The van der Waals surface area contributed by atoms with Crippen LogP contribution < -0.4 is 10.1 Å². The highest BCUT2D eigenvalue weighted by atomic mass is 79.9. The van der Waals surface area contributed by atoms with Gasteiger partial charge in [-0.05, 0) is 76.6 Å². The van der Waals surface area contributed by atoms with E-state index in [0.717, 1.165) is 52.9 Å². The number of Topliss-reactive ketones (excluding diaryl/α,β-unsaturated/α-hetero) is 1. The molecule has 0 spiro atoms. The number of carbonyl (C=O) groups excluding carboxylic acids is 1. The summed E-state index contributed by atoms with van der Waals surface area (Å²) < 4.78 is 6.91. The van der Waals surface area contributed by atoms with Crippen LogP contribution in [0.25, 0.3) is 16.3 Å². The van der Waals surface area contributed by atoms with E-state index in [4.69, 9.17) is 4.74 Å². The Bertz CT molecular complexity index is 1490. The number of halogens is 1. The smallest absolute Gasteiger partial charge is 0.162 e. The van der Waals surface area contributed by atoms with E-state index >= 15 is 0 Å². The molecule has 0 saturated carbocycles. The second-order valence-electron chi connectivity index (χ2n) is 10.0. The van der Waals surface area contributed by atoms with E-state index in [1.165, 1.54) is 27.5 Å². The van der Waals surface area contributed by atoms with Crippen LogP contribution in [0.3, 0.4) is 0 Å². The van der Waals surface area contributed by atoms with Gasteiger partial charge in [-0.2, -0.15) is 0 Å². The number of anilines is 1. The first-order valence-corrected chi connectivity index (χ1v) is 13.9. The van der Waals surface area contributed by atoms with Crippen molar-refractivity contribution in [2.24, 2.45) is 0 Å². The lowest BCUT2D eigenvalue weighted by molar-refractivity contribution is -0.116. The van der Waals surface area contributed by atoms with Crippen molar-refractivity contribution in [3.8, 4) is 5.75 Å². The molecule has 4 heteroatoms. The summed E-state index contributed by atoms with van der Waals surface area (Å²) in [6, 6.07) is 29.4. The van der Waals surface area contributed by atoms with Gasteiger partial charge < -0.3 is 10.1 Å². The van der Waals surface area contributed by atoms with Crippen LogP contribution in [0.4, 0.5) is 5.69 Å². The van der Waals surface area contributed by atoms with Crippen LogP contribution in [0.5, 0.6) is 5.75 Å². The predicted molar refractivity (Wildman–Crippen MR) is 155 cm³/mol. The monoisotopic (exact) mass is 551 g/mol. The van der Waals surface area contributed by atoms with Crippen molar-refractivity contribution in [3.63, 3.8) is 0 Å². The number of unbranched alkanes of at least 4 members (excludes halogenated alkanes) is 1. The summed E-state index contributed by atoms with van der Waals surface area (Å²) in [6.45, 7) is 2.90. The van der Waals surface area contributed by atoms with E-state index in [-0.39, 0.29) is 17.7 Å². The minimum Gasteiger partial charge on any atom is -0.494 e. The highest BCUT2D eigenvalue weighted by Gasteiger charge is 2.38. The van der Waals surface area contributed by atoms with Crippen molar-refractivity contribution >= 4 is 43.7 Å². The molecule has 0 bridgehead atoms. The summed E-state index contributed by atoms with van der Waals surface area (Å²) in [5.41, 5.74) is 6.68. The Labute approximate surface area is 226 Å². The molecule has 2 aliphatic rings. The number of fused-ring (bicyclic) bond motifs is 4. The average molecular weight is 553 g/mol. The van der Waals surface area contributed by atoms with E-state index < -0.39 is 0 Å². The maximum atomic E-state index is 13.9. The van der Waals surface area contributed by atoms with E-state index in [2.05, 4.69) is 101 Å². The zero-order valence-corrected chi connectivity index (χ0v) is 22.6. The summed E-state index contributed by atoms with van der Waals surface area (Å²) in [5.74, 6) is 1.27. The van der Waals surface area contributed by atoms with Crippen molar-refractivity contribution in [2.75, 3.05) is 11.9 Å². The Morgan fingerprint density at radius 3 is 2.43 bits per heavy atom. The van der Waals surface area contributed by atoms with Crippen molar-refractivity contribution in [3.05, 3.63) is 112 Å². The molecule has 0 amide bonds. The highest BCUT2D eigenvalue weighted by Crippen LogP contribution is 2.51. The molecule has 4 aromatic carbocycles. The lowest BCUT2D eigenvalue weighted by atomic mass is 9.71. The molecule has 3 nitrogen and oxygen atoms in total. The minimum atomic E-state index is -0.153. The number of nitrogens with one attached hydrogen (secondary N) is 1. The number of allylic oxidation sites excluding steroid dienone is 1. The molecule has 1 N–H and O–H groups in total. The van der Waals surface area contributed by atoms with Gasteiger partial charge in [-0.15, -0.1) is 0 Å². The second kappa shape index (κ2) is 10.2. The summed E-state index contributed by atoms with van der Waals surface area (Å²) in [5, 5.41) is 6.12. The quantitative estimate of drug-likeness (QED) is 0.243. The minimum absolute atomic E-state index is 0.145. The van der Waals surface area contributed by atoms with Crippen molar-refractivity contribution in [2.45, 2.75) is 44.6 Å². The topological polar surface area (TPSA) is 38.3 Å². The van der Waals surface area contributed by atoms with Crippen molar-refractivity contribution in [1.29, 1.82) is 0 Å². The van der Waals surface area contributed by atoms with Crippen LogP contribution in [0.15, 0.2) is 95.0 Å². The molecule has 1 aliphatic carbocycles. The van der Waals surface area contributed by atoms with Gasteiger partial charge in [0.25, 0.3) is 0 Å². The zero-order chi connectivity index (χ0) is 25.4. The molecule has 1 heterocycles. The van der Waals surface area contributed by atoms with E-state index in [1.54, 1.807) is 0 Å². The predicted octanol–water partition coefficient (Wildman–Crippen LogP) is 8.85. The molecule has 1 aliphatic heterocycles. The molecule has 0 aromatic heterocycles. The Morgan fingerprint density at radius 1 is 0.892 bits per heavy atom. The summed E-state index contributed by atoms with van der Waals surface area (Å²) in [4.78, 5) is 13.9. The Kier molecular flexibility index (Phi) is 6.60. The molecule has 0 saturated heterocycles. The number of hydrogen-bond donors (Lipinski definition) is 1. The first-order chi connectivity index (χ1) is 18.1. The lowest BCUT2D eigenvalue weighted by Gasteiger charge is -2.37. The summed E-state index contributed by atoms with van der Waals surface area (Å²) in [6.07, 6.45) is 3.53. The molecule has 37 heavy (non-hydrogen) atoms. The third-order valence-electron chi connectivity index (χ3n) is 7.65. The molecule has 6 rings (SSSR count). The van der Waals surface area contributed by atoms with Gasteiger partial charge in [0.1, 0.15) is 5.75 Å². The van der Waals surface area contributed by atoms with Crippen molar-refractivity contribution < 1.29 is 9.53 Å². The Hall–Kier alpha value is -3.37. The largest absolute Gasteiger partial charge is 0.494 e. The third-order valence-corrected chi connectivity index (χ3v) is 8.18. The van der Waals surface area contributed by atoms with Gasteiger partial charge in [0.15, 0.2) is 5.78 Å². The first-order valence-electron chi connectivity index (χ1n) is 13.2. The molecular weight excluding hydrogens is 522 g/mol. The van der Waals surface area contributed by atoms with Gasteiger partial charge in [0.05, 0.1) is 12.6 Å². The molecule has 0 fully saturated rings. The van der Waals surface area contributed by atoms with E-state index in [9.17, 15) is 4.79 Å². The second-order valence-corrected chi connectivity index (χ2v) is 10.9. The number of ether oxygens (including phenoxy) is 1. The van der Waals surface area contributed by atoms with Crippen molar-refractivity contribution in [1.82, 2.24) is 0 Å². The van der Waals surface area contributed by atoms with Gasteiger partial charge in [0.2, 0.25) is 0 Å². The van der Waals surface area contributed by atoms with Crippen LogP contribution in [-0.4, -0.2) is 12.4 Å². The van der Waals surface area contributed by atoms with Crippen LogP contribution >= 0.6 is 15.9 Å². The van der Waals surface area contributed by atoms with E-state index in [0.29, 0.717) is 6.42 Å². The van der Waals surface area contributed by atoms with E-state index in [1.807, 2.05) is 12.1 Å². The number of ketones is 1. The standard InChI is InChI=1S/C33H30BrNO2/c1-2-3-18-37-26-15-10-21(11-16-26)24-19-28-31-27-7-5-4-6-22(27)12-17-29(31)35-33(32(28)30(36)20-24)23-8-13-25(34)14-9-23/h4-17,24,33,35H,2-3,18-20H2,1H3. The highest BCUT2D eigenvalue weighted by molar-refractivity contribution is 9.10. The van der Waals surface area contributed by atoms with Crippen LogP contribution in [0.2, 0.25) is 0 Å². The first kappa shape index (κ1) is 24.0. The normalized spacial score (nSPS) is 18.8. The SMILES string of the molecule is CCCCOc1ccc(C2CC(=O)C3=C(C2)c2c(ccc4ccccc24)NC3c2ccc(Br)cc2)cc1. The van der Waals surface area contributed by atoms with Gasteiger partial charge in [-0.25, -0.2) is 0 Å². The zero-order valence-electron chi connectivity index (χ0n) is 21.0. The fourth-order valence-corrected chi connectivity index (χ4v) is 6.02. The van der Waals surface area contributed by atoms with Crippen LogP contribution in [-0.2, 0) is 4.79 Å². The van der Waals surface area contributed by atoms with Gasteiger partial charge in [-0.1, -0.05) is 83.9 Å². The molecule has 4 aromatic rings. The maximum Gasteiger partial charge on any atom is 0.162 e. The summed E-state index contributed by atoms with van der Waals surface area (Å²) >= 11 is 3.55. The van der Waals surface area contributed by atoms with Crippen LogP contribution in [0, 0.1) is 0 Å². The fourth-order valence-electron chi connectivity index (χ4n) is 5.76. The number of benzene rings is 4. The van der Waals surface area contributed by atoms with Crippen LogP contribution in [0.1, 0.15) is 61.3 Å². The number of carbonyl (C=O) groups is 1. The molecule has 2 atom stereocenters. The molecular formula is C33H30BrNO2. The molecule has 2 unspecified atom stereocenters. The Morgan fingerprint density at radius 2 is 1.65 bits per heavy atom. The molecule has 186 valence electrons. The Balaban J connectivity index is 1.43.